The third-order valence-corrected chi connectivity index (χ3v) is 3.36. The van der Waals surface area contributed by atoms with Crippen LogP contribution in [0.1, 0.15) is 45.3 Å². The standard InChI is InChI=1S/C14H21ClO2/c1-4-11(5-2)9-17-14-7-6-12(10(3)16)8-13(14)15/h6-8,10-11,16H,4-5,9H2,1-3H3. The molecular formula is C14H21ClO2. The number of ether oxygens (including phenoxy) is 1. The van der Waals surface area contributed by atoms with Gasteiger partial charge in [-0.05, 0) is 30.5 Å². The highest BCUT2D eigenvalue weighted by Gasteiger charge is 2.09. The fourth-order valence-corrected chi connectivity index (χ4v) is 1.87. The normalized spacial score (nSPS) is 12.8. The molecular weight excluding hydrogens is 236 g/mol. The molecule has 1 N–H and O–H groups in total. The summed E-state index contributed by atoms with van der Waals surface area (Å²) in [4.78, 5) is 0. The number of benzene rings is 1. The Bertz CT molecular complexity index is 346. The van der Waals surface area contributed by atoms with Gasteiger partial charge in [0.2, 0.25) is 0 Å². The van der Waals surface area contributed by atoms with Gasteiger partial charge in [0.15, 0.2) is 0 Å². The maximum Gasteiger partial charge on any atom is 0.137 e. The van der Waals surface area contributed by atoms with Crippen molar-refractivity contribution in [2.75, 3.05) is 6.61 Å². The van der Waals surface area contributed by atoms with Crippen molar-refractivity contribution in [2.45, 2.75) is 39.7 Å². The van der Waals surface area contributed by atoms with Crippen molar-refractivity contribution in [3.05, 3.63) is 28.8 Å². The van der Waals surface area contributed by atoms with E-state index in [1.165, 1.54) is 0 Å². The largest absolute Gasteiger partial charge is 0.492 e. The van der Waals surface area contributed by atoms with Crippen molar-refractivity contribution in [1.82, 2.24) is 0 Å². The van der Waals surface area contributed by atoms with E-state index < -0.39 is 6.10 Å². The average molecular weight is 257 g/mol. The molecule has 0 spiro atoms. The number of rotatable bonds is 6. The van der Waals surface area contributed by atoms with E-state index in [-0.39, 0.29) is 0 Å². The van der Waals surface area contributed by atoms with Gasteiger partial charge in [0, 0.05) is 0 Å². The van der Waals surface area contributed by atoms with Crippen LogP contribution in [0, 0.1) is 5.92 Å². The van der Waals surface area contributed by atoms with Crippen LogP contribution in [0.2, 0.25) is 5.02 Å². The predicted molar refractivity (Wildman–Crippen MR) is 71.7 cm³/mol. The number of halogens is 1. The third kappa shape index (κ3) is 4.21. The van der Waals surface area contributed by atoms with Crippen LogP contribution in [-0.4, -0.2) is 11.7 Å². The third-order valence-electron chi connectivity index (χ3n) is 3.07. The minimum absolute atomic E-state index is 0.499. The Kier molecular flexibility index (Phi) is 5.79. The summed E-state index contributed by atoms with van der Waals surface area (Å²) in [7, 11) is 0. The fraction of sp³-hybridized carbons (Fsp3) is 0.571. The second-order valence-corrected chi connectivity index (χ2v) is 4.77. The molecule has 1 aromatic rings. The van der Waals surface area contributed by atoms with E-state index in [0.29, 0.717) is 23.3 Å². The summed E-state index contributed by atoms with van der Waals surface area (Å²) in [6.07, 6.45) is 1.72. The van der Waals surface area contributed by atoms with Crippen molar-refractivity contribution < 1.29 is 9.84 Å². The predicted octanol–water partition coefficient (Wildman–Crippen LogP) is 4.21. The van der Waals surface area contributed by atoms with E-state index in [1.54, 1.807) is 13.0 Å². The number of hydrogen-bond donors (Lipinski definition) is 1. The molecule has 2 nitrogen and oxygen atoms in total. The summed E-state index contributed by atoms with van der Waals surface area (Å²) < 4.78 is 5.70. The lowest BCUT2D eigenvalue weighted by molar-refractivity contribution is 0.199. The van der Waals surface area contributed by atoms with Gasteiger partial charge in [-0.2, -0.15) is 0 Å². The van der Waals surface area contributed by atoms with E-state index in [0.717, 1.165) is 18.4 Å². The van der Waals surface area contributed by atoms with E-state index in [4.69, 9.17) is 16.3 Å². The second kappa shape index (κ2) is 6.87. The van der Waals surface area contributed by atoms with Crippen molar-refractivity contribution in [2.24, 2.45) is 5.92 Å². The minimum atomic E-state index is -0.499. The zero-order valence-corrected chi connectivity index (χ0v) is 11.5. The SMILES string of the molecule is CCC(CC)COc1ccc(C(C)O)cc1Cl. The maximum atomic E-state index is 9.43. The molecule has 1 atom stereocenters. The molecule has 0 bridgehead atoms. The molecule has 0 fully saturated rings. The van der Waals surface area contributed by atoms with Gasteiger partial charge in [-0.1, -0.05) is 44.4 Å². The summed E-state index contributed by atoms with van der Waals surface area (Å²) in [5, 5.41) is 10.00. The topological polar surface area (TPSA) is 29.5 Å². The lowest BCUT2D eigenvalue weighted by Crippen LogP contribution is -2.10. The molecule has 0 heterocycles. The van der Waals surface area contributed by atoms with Gasteiger partial charge in [-0.15, -0.1) is 0 Å². The highest BCUT2D eigenvalue weighted by Crippen LogP contribution is 2.28. The second-order valence-electron chi connectivity index (χ2n) is 4.36. The van der Waals surface area contributed by atoms with Crippen LogP contribution in [0.25, 0.3) is 0 Å². The molecule has 0 aliphatic heterocycles. The van der Waals surface area contributed by atoms with E-state index in [1.807, 2.05) is 12.1 Å². The molecule has 0 amide bonds. The summed E-state index contributed by atoms with van der Waals surface area (Å²) in [6, 6.07) is 5.43. The number of aliphatic hydroxyl groups excluding tert-OH is 1. The van der Waals surface area contributed by atoms with Crippen molar-refractivity contribution >= 4 is 11.6 Å². The lowest BCUT2D eigenvalue weighted by Gasteiger charge is -2.15. The maximum absolute atomic E-state index is 9.43. The summed E-state index contributed by atoms with van der Waals surface area (Å²) in [5.74, 6) is 1.27. The lowest BCUT2D eigenvalue weighted by atomic mass is 10.1. The molecule has 0 saturated heterocycles. The minimum Gasteiger partial charge on any atom is -0.492 e. The summed E-state index contributed by atoms with van der Waals surface area (Å²) >= 11 is 6.11. The molecule has 0 radical (unpaired) electrons. The fourth-order valence-electron chi connectivity index (χ4n) is 1.63. The Morgan fingerprint density at radius 1 is 1.29 bits per heavy atom. The van der Waals surface area contributed by atoms with Crippen LogP contribution in [0.3, 0.4) is 0 Å². The Morgan fingerprint density at radius 3 is 2.41 bits per heavy atom. The Balaban J connectivity index is 2.66. The first-order chi connectivity index (χ1) is 8.08. The number of hydrogen-bond acceptors (Lipinski definition) is 2. The Hall–Kier alpha value is -0.730. The van der Waals surface area contributed by atoms with Gasteiger partial charge in [-0.3, -0.25) is 0 Å². The van der Waals surface area contributed by atoms with Crippen LogP contribution >= 0.6 is 11.6 Å². The van der Waals surface area contributed by atoms with Gasteiger partial charge in [-0.25, -0.2) is 0 Å². The summed E-state index contributed by atoms with van der Waals surface area (Å²) in [6.45, 7) is 6.74. The molecule has 0 aliphatic rings. The van der Waals surface area contributed by atoms with E-state index in [2.05, 4.69) is 13.8 Å². The van der Waals surface area contributed by atoms with Gasteiger partial charge < -0.3 is 9.84 Å². The monoisotopic (exact) mass is 256 g/mol. The van der Waals surface area contributed by atoms with Gasteiger partial charge in [0.1, 0.15) is 5.75 Å². The molecule has 0 aromatic heterocycles. The summed E-state index contributed by atoms with van der Waals surface area (Å²) in [5.41, 5.74) is 0.810. The number of aliphatic hydroxyl groups is 1. The van der Waals surface area contributed by atoms with E-state index in [9.17, 15) is 5.11 Å². The molecule has 0 aliphatic carbocycles. The first-order valence-electron chi connectivity index (χ1n) is 6.18. The molecule has 17 heavy (non-hydrogen) atoms. The molecule has 1 unspecified atom stereocenters. The quantitative estimate of drug-likeness (QED) is 0.826. The van der Waals surface area contributed by atoms with Crippen LogP contribution in [-0.2, 0) is 0 Å². The zero-order valence-electron chi connectivity index (χ0n) is 10.7. The van der Waals surface area contributed by atoms with Crippen LogP contribution in [0.4, 0.5) is 0 Å². The van der Waals surface area contributed by atoms with E-state index >= 15 is 0 Å². The van der Waals surface area contributed by atoms with Crippen molar-refractivity contribution in [3.8, 4) is 5.75 Å². The first kappa shape index (κ1) is 14.3. The van der Waals surface area contributed by atoms with Crippen LogP contribution in [0.5, 0.6) is 5.75 Å². The highest BCUT2D eigenvalue weighted by atomic mass is 35.5. The molecule has 0 saturated carbocycles. The molecule has 96 valence electrons. The molecule has 3 heteroatoms. The zero-order chi connectivity index (χ0) is 12.8. The molecule has 1 aromatic carbocycles. The van der Waals surface area contributed by atoms with Gasteiger partial charge in [0.25, 0.3) is 0 Å². The highest BCUT2D eigenvalue weighted by molar-refractivity contribution is 6.32. The van der Waals surface area contributed by atoms with Gasteiger partial charge in [0.05, 0.1) is 17.7 Å². The first-order valence-corrected chi connectivity index (χ1v) is 6.56. The Labute approximate surface area is 109 Å². The van der Waals surface area contributed by atoms with Crippen LogP contribution < -0.4 is 4.74 Å². The smallest absolute Gasteiger partial charge is 0.137 e. The van der Waals surface area contributed by atoms with Gasteiger partial charge >= 0.3 is 0 Å². The van der Waals surface area contributed by atoms with Crippen LogP contribution in [0.15, 0.2) is 18.2 Å². The van der Waals surface area contributed by atoms with Crippen molar-refractivity contribution in [3.63, 3.8) is 0 Å². The Morgan fingerprint density at radius 2 is 1.94 bits per heavy atom. The molecule has 1 rings (SSSR count). The van der Waals surface area contributed by atoms with Crippen molar-refractivity contribution in [1.29, 1.82) is 0 Å². The average Bonchev–Trinajstić information content (AvgIpc) is 2.31.